The molecule has 6 rings (SSSR count). The summed E-state index contributed by atoms with van der Waals surface area (Å²) in [5, 5.41) is 6.17. The SMILES string of the molecule is Cc1ncc(C(=O)NC23CC(C2)C3)c(N2CC[C@](C)(NC(=O)OC(C)(C)C)C2)c1-c1cc(F)cc(F)c1. The van der Waals surface area contributed by atoms with Gasteiger partial charge in [-0.25, -0.2) is 13.6 Å². The molecular weight excluding hydrogens is 478 g/mol. The summed E-state index contributed by atoms with van der Waals surface area (Å²) in [6.45, 7) is 10.00. The van der Waals surface area contributed by atoms with Crippen LogP contribution in [0.2, 0.25) is 0 Å². The fourth-order valence-corrected chi connectivity index (χ4v) is 5.88. The summed E-state index contributed by atoms with van der Waals surface area (Å²) in [4.78, 5) is 32.6. The Kier molecular flexibility index (Phi) is 5.96. The summed E-state index contributed by atoms with van der Waals surface area (Å²) < 4.78 is 34.0. The number of pyridine rings is 1. The lowest BCUT2D eigenvalue weighted by molar-refractivity contribution is -0.0438. The number of benzene rings is 1. The summed E-state index contributed by atoms with van der Waals surface area (Å²) in [5.74, 6) is -0.962. The van der Waals surface area contributed by atoms with E-state index in [1.165, 1.54) is 12.1 Å². The lowest BCUT2D eigenvalue weighted by Crippen LogP contribution is -2.68. The van der Waals surface area contributed by atoms with Gasteiger partial charge in [0.25, 0.3) is 5.91 Å². The number of nitrogens with zero attached hydrogens (tertiary/aromatic N) is 2. The average molecular weight is 513 g/mol. The van der Waals surface area contributed by atoms with Gasteiger partial charge >= 0.3 is 6.09 Å². The van der Waals surface area contributed by atoms with Gasteiger partial charge < -0.3 is 20.3 Å². The van der Waals surface area contributed by atoms with E-state index in [9.17, 15) is 18.4 Å². The summed E-state index contributed by atoms with van der Waals surface area (Å²) >= 11 is 0. The van der Waals surface area contributed by atoms with E-state index in [1.54, 1.807) is 33.9 Å². The third-order valence-corrected chi connectivity index (χ3v) is 7.65. The van der Waals surface area contributed by atoms with Crippen molar-refractivity contribution in [3.63, 3.8) is 0 Å². The van der Waals surface area contributed by atoms with Crippen LogP contribution in [0.5, 0.6) is 0 Å². The summed E-state index contributed by atoms with van der Waals surface area (Å²) in [5.41, 5.74) is 0.876. The maximum atomic E-state index is 14.3. The normalized spacial score (nSPS) is 26.2. The van der Waals surface area contributed by atoms with Crippen LogP contribution in [0.4, 0.5) is 19.3 Å². The second-order valence-electron chi connectivity index (χ2n) is 12.2. The Morgan fingerprint density at radius 1 is 1.11 bits per heavy atom. The fraction of sp³-hybridized carbons (Fsp3) is 0.536. The number of aromatic nitrogens is 1. The van der Waals surface area contributed by atoms with E-state index in [0.29, 0.717) is 53.5 Å². The highest BCUT2D eigenvalue weighted by Gasteiger charge is 2.57. The monoisotopic (exact) mass is 512 g/mol. The predicted molar refractivity (Wildman–Crippen MR) is 136 cm³/mol. The Morgan fingerprint density at radius 2 is 1.76 bits per heavy atom. The average Bonchev–Trinajstić information content (AvgIpc) is 3.08. The summed E-state index contributed by atoms with van der Waals surface area (Å²) in [6.07, 6.45) is 4.57. The Balaban J connectivity index is 1.52. The van der Waals surface area contributed by atoms with Crippen molar-refractivity contribution in [3.05, 3.63) is 47.3 Å². The van der Waals surface area contributed by atoms with E-state index in [1.807, 2.05) is 11.8 Å². The number of halogens is 2. The van der Waals surface area contributed by atoms with Crippen molar-refractivity contribution in [1.29, 1.82) is 0 Å². The van der Waals surface area contributed by atoms with Crippen LogP contribution in [0, 0.1) is 24.5 Å². The Hall–Kier alpha value is -3.23. The number of amides is 2. The van der Waals surface area contributed by atoms with Crippen LogP contribution >= 0.6 is 0 Å². The topological polar surface area (TPSA) is 83.6 Å². The second-order valence-corrected chi connectivity index (χ2v) is 12.2. The standard InChI is InChI=1S/C28H34F2N4O3/c1-16-22(18-8-19(29)10-20(30)9-18)23(21(14-31-16)24(35)32-28-11-17(12-28)13-28)34-7-6-27(5,15-34)33-25(36)37-26(2,3)4/h8-10,14,17H,6-7,11-13,15H2,1-5H3,(H,32,35)(H,33,36)/t17?,27-,28?/m0/s1. The van der Waals surface area contributed by atoms with E-state index >= 15 is 0 Å². The van der Waals surface area contributed by atoms with Gasteiger partial charge in [-0.05, 0) is 83.9 Å². The van der Waals surface area contributed by atoms with E-state index < -0.39 is 28.9 Å². The zero-order valence-electron chi connectivity index (χ0n) is 22.0. The van der Waals surface area contributed by atoms with Crippen molar-refractivity contribution < 1.29 is 23.1 Å². The first kappa shape index (κ1) is 25.4. The largest absolute Gasteiger partial charge is 0.444 e. The van der Waals surface area contributed by atoms with Crippen molar-refractivity contribution in [2.24, 2.45) is 5.92 Å². The molecule has 1 aromatic heterocycles. The lowest BCUT2D eigenvalue weighted by Gasteiger charge is -2.61. The number of carbonyl (C=O) groups is 2. The molecule has 2 aromatic rings. The molecule has 2 heterocycles. The number of ether oxygens (including phenoxy) is 1. The fourth-order valence-electron chi connectivity index (χ4n) is 5.88. The predicted octanol–water partition coefficient (Wildman–Crippen LogP) is 5.11. The Bertz CT molecular complexity index is 1240. The molecule has 4 aliphatic rings. The number of aryl methyl sites for hydroxylation is 1. The number of hydrogen-bond acceptors (Lipinski definition) is 5. The van der Waals surface area contributed by atoms with Crippen LogP contribution in [-0.2, 0) is 4.74 Å². The molecule has 198 valence electrons. The van der Waals surface area contributed by atoms with Crippen LogP contribution in [0.25, 0.3) is 11.1 Å². The van der Waals surface area contributed by atoms with Gasteiger partial charge in [0, 0.05) is 42.1 Å². The van der Waals surface area contributed by atoms with E-state index in [-0.39, 0.29) is 11.4 Å². The number of carbonyl (C=O) groups excluding carboxylic acids is 2. The van der Waals surface area contributed by atoms with Gasteiger partial charge in [0.2, 0.25) is 0 Å². The van der Waals surface area contributed by atoms with Crippen molar-refractivity contribution >= 4 is 17.7 Å². The highest BCUT2D eigenvalue weighted by Crippen LogP contribution is 2.57. The molecule has 2 N–H and O–H groups in total. The molecule has 37 heavy (non-hydrogen) atoms. The Morgan fingerprint density at radius 3 is 2.32 bits per heavy atom. The molecule has 0 radical (unpaired) electrons. The summed E-state index contributed by atoms with van der Waals surface area (Å²) in [6, 6.07) is 3.34. The highest BCUT2D eigenvalue weighted by atomic mass is 19.1. The molecule has 1 aromatic carbocycles. The van der Waals surface area contributed by atoms with Gasteiger partial charge in [-0.15, -0.1) is 0 Å². The smallest absolute Gasteiger partial charge is 0.408 e. The van der Waals surface area contributed by atoms with Gasteiger partial charge in [-0.2, -0.15) is 0 Å². The molecule has 2 bridgehead atoms. The van der Waals surface area contributed by atoms with Crippen molar-refractivity contribution in [2.75, 3.05) is 18.0 Å². The molecule has 3 saturated carbocycles. The van der Waals surface area contributed by atoms with Crippen molar-refractivity contribution in [1.82, 2.24) is 15.6 Å². The third-order valence-electron chi connectivity index (χ3n) is 7.65. The van der Waals surface area contributed by atoms with Crippen LogP contribution in [0.15, 0.2) is 24.4 Å². The molecular formula is C28H34F2N4O3. The van der Waals surface area contributed by atoms with Crippen LogP contribution < -0.4 is 15.5 Å². The molecule has 0 spiro atoms. The number of nitrogens with one attached hydrogen (secondary N) is 2. The molecule has 9 heteroatoms. The van der Waals surface area contributed by atoms with Crippen LogP contribution in [0.3, 0.4) is 0 Å². The van der Waals surface area contributed by atoms with E-state index in [2.05, 4.69) is 15.6 Å². The molecule has 1 atom stereocenters. The maximum Gasteiger partial charge on any atom is 0.408 e. The number of anilines is 1. The first-order valence-electron chi connectivity index (χ1n) is 12.8. The summed E-state index contributed by atoms with van der Waals surface area (Å²) in [7, 11) is 0. The zero-order valence-corrected chi connectivity index (χ0v) is 22.0. The molecule has 1 aliphatic heterocycles. The molecule has 1 saturated heterocycles. The maximum absolute atomic E-state index is 14.3. The minimum absolute atomic E-state index is 0.146. The van der Waals surface area contributed by atoms with Crippen LogP contribution in [-0.4, -0.2) is 46.8 Å². The van der Waals surface area contributed by atoms with E-state index in [0.717, 1.165) is 25.3 Å². The molecule has 0 unspecified atom stereocenters. The van der Waals surface area contributed by atoms with Crippen LogP contribution in [0.1, 0.15) is 69.4 Å². The van der Waals surface area contributed by atoms with Gasteiger partial charge in [-0.1, -0.05) is 0 Å². The lowest BCUT2D eigenvalue weighted by atomic mass is 9.50. The molecule has 3 aliphatic carbocycles. The third kappa shape index (κ3) is 5.00. The first-order chi connectivity index (χ1) is 17.2. The number of alkyl carbamates (subject to hydrolysis) is 1. The number of rotatable bonds is 5. The molecule has 4 fully saturated rings. The minimum Gasteiger partial charge on any atom is -0.444 e. The minimum atomic E-state index is -0.707. The van der Waals surface area contributed by atoms with Gasteiger partial charge in [0.05, 0.1) is 16.8 Å². The van der Waals surface area contributed by atoms with Gasteiger partial charge in [0.15, 0.2) is 0 Å². The Labute approximate surface area is 216 Å². The molecule has 2 amide bonds. The quantitative estimate of drug-likeness (QED) is 0.582. The van der Waals surface area contributed by atoms with Gasteiger partial charge in [0.1, 0.15) is 17.2 Å². The van der Waals surface area contributed by atoms with Crippen molar-refractivity contribution in [3.8, 4) is 11.1 Å². The van der Waals surface area contributed by atoms with Crippen molar-refractivity contribution in [2.45, 2.75) is 77.0 Å². The number of hydrogen-bond donors (Lipinski definition) is 2. The zero-order chi connectivity index (χ0) is 26.8. The second kappa shape index (κ2) is 8.67. The molecule has 7 nitrogen and oxygen atoms in total. The first-order valence-corrected chi connectivity index (χ1v) is 12.8. The van der Waals surface area contributed by atoms with E-state index in [4.69, 9.17) is 4.74 Å². The highest BCUT2D eigenvalue weighted by molar-refractivity contribution is 6.04. The van der Waals surface area contributed by atoms with Gasteiger partial charge in [-0.3, -0.25) is 9.78 Å².